The molecule has 0 spiro atoms. The molecule has 0 radical (unpaired) electrons. The quantitative estimate of drug-likeness (QED) is 0.928. The number of hydrogen-bond donors (Lipinski definition) is 1. The largest absolute Gasteiger partial charge is 0.574 e. The minimum absolute atomic E-state index is 0.0152. The van der Waals surface area contributed by atoms with Crippen LogP contribution >= 0.6 is 0 Å². The van der Waals surface area contributed by atoms with Crippen LogP contribution < -0.4 is 10.1 Å². The number of carbonyl (C=O) groups excluding carboxylic acids is 1. The number of halogens is 3. The summed E-state index contributed by atoms with van der Waals surface area (Å²) < 4.78 is 40.5. The number of rotatable bonds is 4. The van der Waals surface area contributed by atoms with E-state index in [1.165, 1.54) is 6.07 Å². The number of nitrogens with one attached hydrogen (secondary N) is 1. The molecule has 22 heavy (non-hydrogen) atoms. The summed E-state index contributed by atoms with van der Waals surface area (Å²) in [6.07, 6.45) is -2.90. The van der Waals surface area contributed by atoms with E-state index in [9.17, 15) is 18.0 Å². The zero-order valence-electron chi connectivity index (χ0n) is 12.3. The number of fused-ring (bicyclic) bond motifs is 1. The van der Waals surface area contributed by atoms with Crippen LogP contribution in [-0.2, 0) is 11.2 Å². The third kappa shape index (κ3) is 3.09. The number of alkyl halides is 3. The van der Waals surface area contributed by atoms with Crippen LogP contribution in [0, 0.1) is 12.3 Å². The summed E-state index contributed by atoms with van der Waals surface area (Å²) in [5, 5.41) is 3.27. The fourth-order valence-corrected chi connectivity index (χ4v) is 3.06. The molecule has 0 aromatic carbocycles. The highest BCUT2D eigenvalue weighted by molar-refractivity contribution is 5.86. The van der Waals surface area contributed by atoms with E-state index in [1.807, 2.05) is 0 Å². The second kappa shape index (κ2) is 4.94. The molecule has 7 heteroatoms. The van der Waals surface area contributed by atoms with Crippen molar-refractivity contribution < 1.29 is 22.7 Å². The molecular formula is C15H17F3N2O2. The van der Waals surface area contributed by atoms with E-state index >= 15 is 0 Å². The Morgan fingerprint density at radius 3 is 2.77 bits per heavy atom. The number of aromatic nitrogens is 1. The van der Waals surface area contributed by atoms with Gasteiger partial charge in [0.25, 0.3) is 0 Å². The van der Waals surface area contributed by atoms with Crippen molar-refractivity contribution in [2.75, 3.05) is 0 Å². The first-order chi connectivity index (χ1) is 10.2. The van der Waals surface area contributed by atoms with Crippen molar-refractivity contribution in [3.63, 3.8) is 0 Å². The molecule has 2 aliphatic rings. The molecule has 1 saturated heterocycles. The number of nitrogens with zero attached hydrogens (tertiary/aromatic N) is 1. The van der Waals surface area contributed by atoms with Crippen molar-refractivity contribution in [1.29, 1.82) is 0 Å². The maximum Gasteiger partial charge on any atom is 0.574 e. The number of piperidine rings is 1. The lowest BCUT2D eigenvalue weighted by Gasteiger charge is -2.14. The lowest BCUT2D eigenvalue weighted by atomic mass is 9.97. The van der Waals surface area contributed by atoms with Crippen molar-refractivity contribution in [2.45, 2.75) is 51.6 Å². The molecule has 2 fully saturated rings. The van der Waals surface area contributed by atoms with Gasteiger partial charge in [-0.25, -0.2) is 4.98 Å². The smallest absolute Gasteiger partial charge is 0.388 e. The molecule has 1 N–H and O–H groups in total. The van der Waals surface area contributed by atoms with Crippen LogP contribution in [0.5, 0.6) is 5.88 Å². The fraction of sp³-hybridized carbons (Fsp3) is 0.600. The summed E-state index contributed by atoms with van der Waals surface area (Å²) in [6, 6.07) is 2.81. The minimum Gasteiger partial charge on any atom is -0.388 e. The molecule has 1 aliphatic heterocycles. The topological polar surface area (TPSA) is 51.2 Å². The van der Waals surface area contributed by atoms with E-state index in [0.717, 1.165) is 18.9 Å². The van der Waals surface area contributed by atoms with Gasteiger partial charge in [0.1, 0.15) is 0 Å². The van der Waals surface area contributed by atoms with Gasteiger partial charge in [0.2, 0.25) is 5.88 Å². The van der Waals surface area contributed by atoms with Crippen LogP contribution in [0.15, 0.2) is 12.1 Å². The summed E-state index contributed by atoms with van der Waals surface area (Å²) in [6.45, 7) is 3.85. The Balaban J connectivity index is 1.69. The SMILES string of the molecule is Cc1ccc(OC(F)(F)F)nc1CC(=O)[C@@H]1C[C@@]2(C)C[C@H]2N1. The van der Waals surface area contributed by atoms with Gasteiger partial charge in [0, 0.05) is 12.1 Å². The van der Waals surface area contributed by atoms with Crippen molar-refractivity contribution in [2.24, 2.45) is 5.41 Å². The first-order valence-corrected chi connectivity index (χ1v) is 7.17. The summed E-state index contributed by atoms with van der Waals surface area (Å²) in [5.74, 6) is -0.566. The maximum atomic E-state index is 12.3. The molecule has 3 rings (SSSR count). The monoisotopic (exact) mass is 314 g/mol. The molecule has 1 aliphatic carbocycles. The molecule has 3 atom stereocenters. The normalized spacial score (nSPS) is 30.0. The first-order valence-electron chi connectivity index (χ1n) is 7.17. The van der Waals surface area contributed by atoms with E-state index in [4.69, 9.17) is 0 Å². The number of carbonyl (C=O) groups is 1. The van der Waals surface area contributed by atoms with Crippen LogP contribution in [0.25, 0.3) is 0 Å². The number of hydrogen-bond acceptors (Lipinski definition) is 4. The third-order valence-electron chi connectivity index (χ3n) is 4.55. The van der Waals surface area contributed by atoms with Crippen molar-refractivity contribution >= 4 is 5.78 Å². The average molecular weight is 314 g/mol. The van der Waals surface area contributed by atoms with Crippen LogP contribution in [0.2, 0.25) is 0 Å². The Labute approximate surface area is 126 Å². The standard InChI is InChI=1S/C15H17F3N2O2/c1-8-3-4-13(22-15(16,17)18)20-9(8)5-11(21)10-6-14(2)7-12(14)19-10/h3-4,10,12,19H,5-7H2,1-2H3/t10-,12+,14-/m0/s1. The first kappa shape index (κ1) is 15.3. The number of pyridine rings is 1. The molecule has 0 amide bonds. The average Bonchev–Trinajstić information content (AvgIpc) is 2.89. The summed E-state index contributed by atoms with van der Waals surface area (Å²) in [5.41, 5.74) is 1.22. The number of ether oxygens (including phenoxy) is 1. The Bertz CT molecular complexity index is 617. The Morgan fingerprint density at radius 1 is 1.45 bits per heavy atom. The van der Waals surface area contributed by atoms with Crippen LogP contribution in [0.1, 0.15) is 31.0 Å². The van der Waals surface area contributed by atoms with Crippen molar-refractivity contribution in [3.8, 4) is 5.88 Å². The predicted octanol–water partition coefficient (Wildman–Crippen LogP) is 2.54. The van der Waals surface area contributed by atoms with Gasteiger partial charge in [0.05, 0.1) is 18.2 Å². The fourth-order valence-electron chi connectivity index (χ4n) is 3.06. The second-order valence-corrected chi connectivity index (χ2v) is 6.44. The molecule has 2 heterocycles. The molecule has 0 bridgehead atoms. The predicted molar refractivity (Wildman–Crippen MR) is 72.4 cm³/mol. The lowest BCUT2D eigenvalue weighted by Crippen LogP contribution is -2.35. The van der Waals surface area contributed by atoms with Gasteiger partial charge in [-0.05, 0) is 30.7 Å². The minimum atomic E-state index is -4.79. The highest BCUT2D eigenvalue weighted by atomic mass is 19.4. The van der Waals surface area contributed by atoms with Crippen LogP contribution in [-0.4, -0.2) is 29.2 Å². The van der Waals surface area contributed by atoms with Crippen LogP contribution in [0.3, 0.4) is 0 Å². The number of ketones is 1. The lowest BCUT2D eigenvalue weighted by molar-refractivity contribution is -0.276. The Kier molecular flexibility index (Phi) is 3.43. The van der Waals surface area contributed by atoms with E-state index < -0.39 is 12.2 Å². The molecule has 0 unspecified atom stereocenters. The van der Waals surface area contributed by atoms with Crippen molar-refractivity contribution in [3.05, 3.63) is 23.4 Å². The van der Waals surface area contributed by atoms with E-state index in [-0.39, 0.29) is 23.7 Å². The van der Waals surface area contributed by atoms with Crippen LogP contribution in [0.4, 0.5) is 13.2 Å². The number of Topliss-reactive ketones (excluding diaryl/α,β-unsaturated/α-hetero) is 1. The van der Waals surface area contributed by atoms with Gasteiger partial charge in [-0.2, -0.15) is 0 Å². The van der Waals surface area contributed by atoms with Gasteiger partial charge in [-0.1, -0.05) is 13.0 Å². The Morgan fingerprint density at radius 2 is 2.18 bits per heavy atom. The van der Waals surface area contributed by atoms with Gasteiger partial charge in [-0.3, -0.25) is 4.79 Å². The highest BCUT2D eigenvalue weighted by Gasteiger charge is 2.57. The molecular weight excluding hydrogens is 297 g/mol. The highest BCUT2D eigenvalue weighted by Crippen LogP contribution is 2.54. The maximum absolute atomic E-state index is 12.3. The molecule has 1 aromatic rings. The summed E-state index contributed by atoms with van der Waals surface area (Å²) in [7, 11) is 0. The summed E-state index contributed by atoms with van der Waals surface area (Å²) >= 11 is 0. The zero-order chi connectivity index (χ0) is 16.1. The van der Waals surface area contributed by atoms with E-state index in [2.05, 4.69) is 22.0 Å². The van der Waals surface area contributed by atoms with Crippen molar-refractivity contribution in [1.82, 2.24) is 10.3 Å². The second-order valence-electron chi connectivity index (χ2n) is 6.44. The molecule has 1 aromatic heterocycles. The van der Waals surface area contributed by atoms with Gasteiger partial charge < -0.3 is 10.1 Å². The molecule has 1 saturated carbocycles. The molecule has 120 valence electrons. The number of aryl methyl sites for hydroxylation is 1. The van der Waals surface area contributed by atoms with Gasteiger partial charge in [0.15, 0.2) is 5.78 Å². The summed E-state index contributed by atoms with van der Waals surface area (Å²) in [4.78, 5) is 16.1. The van der Waals surface area contributed by atoms with Gasteiger partial charge in [-0.15, -0.1) is 13.2 Å². The Hall–Kier alpha value is -1.63. The van der Waals surface area contributed by atoms with E-state index in [1.54, 1.807) is 6.92 Å². The molecule has 4 nitrogen and oxygen atoms in total. The zero-order valence-corrected chi connectivity index (χ0v) is 12.3. The van der Waals surface area contributed by atoms with E-state index in [0.29, 0.717) is 17.3 Å². The third-order valence-corrected chi connectivity index (χ3v) is 4.55. The van der Waals surface area contributed by atoms with Gasteiger partial charge >= 0.3 is 6.36 Å².